The number of rotatable bonds is 5. The molecule has 0 aliphatic carbocycles. The highest BCUT2D eigenvalue weighted by atomic mass is 16.2. The highest BCUT2D eigenvalue weighted by Crippen LogP contribution is 2.26. The van der Waals surface area contributed by atoms with E-state index in [1.807, 2.05) is 4.90 Å². The Kier molecular flexibility index (Phi) is 3.97. The van der Waals surface area contributed by atoms with Crippen molar-refractivity contribution in [2.75, 3.05) is 13.1 Å². The van der Waals surface area contributed by atoms with Crippen molar-refractivity contribution in [2.24, 2.45) is 5.41 Å². The summed E-state index contributed by atoms with van der Waals surface area (Å²) in [5.74, 6) is 0.360. The van der Waals surface area contributed by atoms with Crippen LogP contribution in [-0.2, 0) is 4.79 Å². The van der Waals surface area contributed by atoms with E-state index in [0.29, 0.717) is 11.3 Å². The summed E-state index contributed by atoms with van der Waals surface area (Å²) >= 11 is 0. The van der Waals surface area contributed by atoms with Crippen LogP contribution in [0.4, 0.5) is 0 Å². The van der Waals surface area contributed by atoms with Crippen molar-refractivity contribution in [1.29, 1.82) is 0 Å². The summed E-state index contributed by atoms with van der Waals surface area (Å²) in [5, 5.41) is 0. The van der Waals surface area contributed by atoms with Gasteiger partial charge in [0.1, 0.15) is 0 Å². The molecule has 0 atom stereocenters. The zero-order valence-corrected chi connectivity index (χ0v) is 9.81. The molecule has 0 saturated carbocycles. The standard InChI is InChI=1S/C12H23NO/c1-4-12(2,3)8-6-10-13-9-5-7-11(13)14/h4-10H2,1-3H3. The molecule has 1 rings (SSSR count). The topological polar surface area (TPSA) is 20.3 Å². The molecule has 14 heavy (non-hydrogen) atoms. The van der Waals surface area contributed by atoms with Gasteiger partial charge in [0, 0.05) is 19.5 Å². The van der Waals surface area contributed by atoms with Gasteiger partial charge >= 0.3 is 0 Å². The Morgan fingerprint density at radius 3 is 2.64 bits per heavy atom. The zero-order valence-electron chi connectivity index (χ0n) is 9.81. The molecule has 2 heteroatoms. The first-order valence-electron chi connectivity index (χ1n) is 5.83. The average molecular weight is 197 g/mol. The van der Waals surface area contributed by atoms with Crippen molar-refractivity contribution in [3.8, 4) is 0 Å². The first-order valence-corrected chi connectivity index (χ1v) is 5.83. The number of nitrogens with zero attached hydrogens (tertiary/aromatic N) is 1. The van der Waals surface area contributed by atoms with E-state index in [2.05, 4.69) is 20.8 Å². The second kappa shape index (κ2) is 4.81. The minimum absolute atomic E-state index is 0.360. The lowest BCUT2D eigenvalue weighted by Crippen LogP contribution is -2.26. The Bertz CT molecular complexity index is 198. The molecule has 0 radical (unpaired) electrons. The van der Waals surface area contributed by atoms with E-state index >= 15 is 0 Å². The summed E-state index contributed by atoms with van der Waals surface area (Å²) in [6, 6.07) is 0. The fourth-order valence-electron chi connectivity index (χ4n) is 1.87. The van der Waals surface area contributed by atoms with Crippen LogP contribution >= 0.6 is 0 Å². The average Bonchev–Trinajstić information content (AvgIpc) is 2.52. The molecule has 0 aromatic rings. The number of hydrogen-bond acceptors (Lipinski definition) is 1. The third-order valence-corrected chi connectivity index (χ3v) is 3.41. The van der Waals surface area contributed by atoms with Crippen molar-refractivity contribution in [3.05, 3.63) is 0 Å². The molecule has 1 aliphatic heterocycles. The highest BCUT2D eigenvalue weighted by Gasteiger charge is 2.21. The fourth-order valence-corrected chi connectivity index (χ4v) is 1.87. The molecular weight excluding hydrogens is 174 g/mol. The second-order valence-electron chi connectivity index (χ2n) is 5.11. The van der Waals surface area contributed by atoms with E-state index in [0.717, 1.165) is 32.4 Å². The summed E-state index contributed by atoms with van der Waals surface area (Å²) in [4.78, 5) is 13.3. The van der Waals surface area contributed by atoms with Gasteiger partial charge < -0.3 is 4.90 Å². The third-order valence-electron chi connectivity index (χ3n) is 3.41. The molecule has 0 bridgehead atoms. The molecule has 82 valence electrons. The lowest BCUT2D eigenvalue weighted by atomic mass is 9.85. The first-order chi connectivity index (χ1) is 6.55. The monoisotopic (exact) mass is 197 g/mol. The second-order valence-corrected chi connectivity index (χ2v) is 5.11. The Morgan fingerprint density at radius 1 is 1.43 bits per heavy atom. The molecule has 0 unspecified atom stereocenters. The largest absolute Gasteiger partial charge is 0.343 e. The molecule has 1 amide bonds. The molecule has 2 nitrogen and oxygen atoms in total. The zero-order chi connectivity index (χ0) is 10.6. The van der Waals surface area contributed by atoms with Gasteiger partial charge in [-0.15, -0.1) is 0 Å². The van der Waals surface area contributed by atoms with Gasteiger partial charge in [-0.25, -0.2) is 0 Å². The summed E-state index contributed by atoms with van der Waals surface area (Å²) in [6.07, 6.45) is 5.45. The van der Waals surface area contributed by atoms with E-state index in [1.54, 1.807) is 0 Å². The van der Waals surface area contributed by atoms with Crippen molar-refractivity contribution < 1.29 is 4.79 Å². The lowest BCUT2D eigenvalue weighted by Gasteiger charge is -2.24. The maximum Gasteiger partial charge on any atom is 0.222 e. The first kappa shape index (κ1) is 11.5. The normalized spacial score (nSPS) is 17.9. The van der Waals surface area contributed by atoms with Crippen LogP contribution in [0.2, 0.25) is 0 Å². The number of amides is 1. The van der Waals surface area contributed by atoms with Crippen LogP contribution in [0, 0.1) is 5.41 Å². The molecule has 0 spiro atoms. The van der Waals surface area contributed by atoms with Crippen molar-refractivity contribution >= 4 is 5.91 Å². The van der Waals surface area contributed by atoms with E-state index in [-0.39, 0.29) is 0 Å². The molecule has 0 N–H and O–H groups in total. The minimum Gasteiger partial charge on any atom is -0.343 e. The van der Waals surface area contributed by atoms with Gasteiger partial charge in [0.2, 0.25) is 5.91 Å². The predicted molar refractivity (Wildman–Crippen MR) is 59.1 cm³/mol. The van der Waals surface area contributed by atoms with Crippen LogP contribution in [0.25, 0.3) is 0 Å². The van der Waals surface area contributed by atoms with Crippen LogP contribution in [0.5, 0.6) is 0 Å². The van der Waals surface area contributed by atoms with Gasteiger partial charge in [-0.3, -0.25) is 4.79 Å². The SMILES string of the molecule is CCC(C)(C)CCCN1CCCC1=O. The molecule has 1 saturated heterocycles. The highest BCUT2D eigenvalue weighted by molar-refractivity contribution is 5.77. The van der Waals surface area contributed by atoms with E-state index < -0.39 is 0 Å². The third kappa shape index (κ3) is 3.32. The summed E-state index contributed by atoms with van der Waals surface area (Å²) < 4.78 is 0. The Morgan fingerprint density at radius 2 is 2.14 bits per heavy atom. The smallest absolute Gasteiger partial charge is 0.222 e. The van der Waals surface area contributed by atoms with Gasteiger partial charge in [-0.1, -0.05) is 27.2 Å². The quantitative estimate of drug-likeness (QED) is 0.663. The van der Waals surface area contributed by atoms with Gasteiger partial charge in [-0.05, 0) is 24.7 Å². The van der Waals surface area contributed by atoms with E-state index in [9.17, 15) is 4.79 Å². The minimum atomic E-state index is 0.360. The van der Waals surface area contributed by atoms with Gasteiger partial charge in [0.15, 0.2) is 0 Å². The van der Waals surface area contributed by atoms with Crippen LogP contribution in [-0.4, -0.2) is 23.9 Å². The van der Waals surface area contributed by atoms with Crippen molar-refractivity contribution in [3.63, 3.8) is 0 Å². The summed E-state index contributed by atoms with van der Waals surface area (Å²) in [5.41, 5.74) is 0.447. The Balaban J connectivity index is 2.18. The maximum absolute atomic E-state index is 11.3. The lowest BCUT2D eigenvalue weighted by molar-refractivity contribution is -0.127. The van der Waals surface area contributed by atoms with E-state index in [4.69, 9.17) is 0 Å². The van der Waals surface area contributed by atoms with Crippen molar-refractivity contribution in [2.45, 2.75) is 52.9 Å². The molecule has 1 fully saturated rings. The Hall–Kier alpha value is -0.530. The van der Waals surface area contributed by atoms with Crippen molar-refractivity contribution in [1.82, 2.24) is 4.90 Å². The van der Waals surface area contributed by atoms with Gasteiger partial charge in [0.25, 0.3) is 0 Å². The van der Waals surface area contributed by atoms with Crippen LogP contribution in [0.3, 0.4) is 0 Å². The fraction of sp³-hybridized carbons (Fsp3) is 0.917. The Labute approximate surface area is 87.7 Å². The van der Waals surface area contributed by atoms with Crippen LogP contribution in [0.1, 0.15) is 52.9 Å². The molecule has 0 aromatic heterocycles. The molecule has 1 heterocycles. The van der Waals surface area contributed by atoms with Crippen LogP contribution < -0.4 is 0 Å². The van der Waals surface area contributed by atoms with Gasteiger partial charge in [-0.2, -0.15) is 0 Å². The van der Waals surface area contributed by atoms with E-state index in [1.165, 1.54) is 12.8 Å². The molecular formula is C12H23NO. The molecule has 1 aliphatic rings. The summed E-state index contributed by atoms with van der Waals surface area (Å²) in [7, 11) is 0. The van der Waals surface area contributed by atoms with Crippen LogP contribution in [0.15, 0.2) is 0 Å². The number of carbonyl (C=O) groups is 1. The van der Waals surface area contributed by atoms with Gasteiger partial charge in [0.05, 0.1) is 0 Å². The number of likely N-dealkylation sites (tertiary alicyclic amines) is 1. The summed E-state index contributed by atoms with van der Waals surface area (Å²) in [6.45, 7) is 8.81. The number of hydrogen-bond donors (Lipinski definition) is 0. The maximum atomic E-state index is 11.3. The molecule has 0 aromatic carbocycles. The number of carbonyl (C=O) groups excluding carboxylic acids is 1. The predicted octanol–water partition coefficient (Wildman–Crippen LogP) is 2.83.